The molecule has 2 N–H and O–H groups in total. The van der Waals surface area contributed by atoms with Crippen LogP contribution in [0, 0.1) is 0 Å². The van der Waals surface area contributed by atoms with Crippen LogP contribution in [0.5, 0.6) is 5.75 Å². The third kappa shape index (κ3) is 4.04. The average molecular weight is 362 g/mol. The number of halogens is 2. The second kappa shape index (κ2) is 7.33. The zero-order valence-corrected chi connectivity index (χ0v) is 14.1. The van der Waals surface area contributed by atoms with Gasteiger partial charge < -0.3 is 15.4 Å². The molecule has 3 aromatic rings. The quantitative estimate of drug-likeness (QED) is 0.687. The van der Waals surface area contributed by atoms with Crippen molar-refractivity contribution in [2.75, 3.05) is 17.7 Å². The molecule has 0 fully saturated rings. The summed E-state index contributed by atoms with van der Waals surface area (Å²) in [6.07, 6.45) is 1.52. The van der Waals surface area contributed by atoms with Gasteiger partial charge in [-0.1, -0.05) is 29.3 Å². The summed E-state index contributed by atoms with van der Waals surface area (Å²) in [4.78, 5) is 4.36. The first kappa shape index (κ1) is 16.3. The minimum Gasteiger partial charge on any atom is -0.495 e. The van der Waals surface area contributed by atoms with Gasteiger partial charge in [-0.05, 0) is 36.4 Å². The Bertz CT molecular complexity index is 859. The van der Waals surface area contributed by atoms with E-state index in [0.29, 0.717) is 33.2 Å². The van der Waals surface area contributed by atoms with E-state index < -0.39 is 0 Å². The molecule has 0 saturated carbocycles. The first-order valence-electron chi connectivity index (χ1n) is 6.97. The lowest BCUT2D eigenvalue weighted by atomic mass is 10.3. The highest BCUT2D eigenvalue weighted by Gasteiger charge is 2.07. The molecule has 0 bridgehead atoms. The molecule has 8 heteroatoms. The number of hydrogen-bond donors (Lipinski definition) is 2. The van der Waals surface area contributed by atoms with E-state index in [9.17, 15) is 0 Å². The van der Waals surface area contributed by atoms with Crippen molar-refractivity contribution in [3.63, 3.8) is 0 Å². The summed E-state index contributed by atoms with van der Waals surface area (Å²) in [5, 5.41) is 15.2. The summed E-state index contributed by atoms with van der Waals surface area (Å²) < 4.78 is 5.28. The molecule has 0 saturated heterocycles. The van der Waals surface area contributed by atoms with Gasteiger partial charge in [0.05, 0.1) is 19.0 Å². The fourth-order valence-corrected chi connectivity index (χ4v) is 2.39. The molecule has 0 aliphatic carbocycles. The number of rotatable bonds is 5. The Hall–Kier alpha value is -2.57. The van der Waals surface area contributed by atoms with Crippen LogP contribution >= 0.6 is 23.2 Å². The Morgan fingerprint density at radius 3 is 2.62 bits per heavy atom. The molecule has 0 aliphatic rings. The smallest absolute Gasteiger partial charge is 0.249 e. The second-order valence-electron chi connectivity index (χ2n) is 4.77. The van der Waals surface area contributed by atoms with E-state index in [2.05, 4.69) is 25.8 Å². The van der Waals surface area contributed by atoms with E-state index in [0.717, 1.165) is 5.69 Å². The zero-order chi connectivity index (χ0) is 16.9. The molecule has 0 aliphatic heterocycles. The van der Waals surface area contributed by atoms with Gasteiger partial charge in [0.25, 0.3) is 0 Å². The second-order valence-corrected chi connectivity index (χ2v) is 5.64. The molecule has 2 aromatic carbocycles. The summed E-state index contributed by atoms with van der Waals surface area (Å²) in [6, 6.07) is 12.5. The average Bonchev–Trinajstić information content (AvgIpc) is 2.55. The first-order chi connectivity index (χ1) is 11.6. The Kier molecular flexibility index (Phi) is 4.98. The van der Waals surface area contributed by atoms with Crippen LogP contribution in [0.3, 0.4) is 0 Å². The summed E-state index contributed by atoms with van der Waals surface area (Å²) in [5.74, 6) is 1.45. The molecular formula is C16H13Cl2N5O. The number of hydrogen-bond acceptors (Lipinski definition) is 6. The fourth-order valence-electron chi connectivity index (χ4n) is 2.03. The van der Waals surface area contributed by atoms with Crippen molar-refractivity contribution < 1.29 is 4.74 Å². The number of nitrogens with one attached hydrogen (secondary N) is 2. The van der Waals surface area contributed by atoms with Crippen molar-refractivity contribution in [2.24, 2.45) is 0 Å². The molecule has 0 spiro atoms. The van der Waals surface area contributed by atoms with E-state index in [1.165, 1.54) is 6.20 Å². The highest BCUT2D eigenvalue weighted by Crippen LogP contribution is 2.29. The maximum Gasteiger partial charge on any atom is 0.249 e. The normalized spacial score (nSPS) is 10.3. The van der Waals surface area contributed by atoms with E-state index in [-0.39, 0.29) is 0 Å². The Balaban J connectivity index is 1.82. The molecule has 0 atom stereocenters. The summed E-state index contributed by atoms with van der Waals surface area (Å²) in [5.41, 5.74) is 1.45. The molecule has 6 nitrogen and oxygen atoms in total. The minimum atomic E-state index is 0.308. The predicted molar refractivity (Wildman–Crippen MR) is 95.8 cm³/mol. The fraction of sp³-hybridized carbons (Fsp3) is 0.0625. The highest BCUT2D eigenvalue weighted by molar-refractivity contribution is 6.31. The van der Waals surface area contributed by atoms with Crippen LogP contribution in [-0.2, 0) is 0 Å². The maximum absolute atomic E-state index is 6.02. The molecule has 0 radical (unpaired) electrons. The van der Waals surface area contributed by atoms with Crippen LogP contribution in [0.1, 0.15) is 0 Å². The van der Waals surface area contributed by atoms with Gasteiger partial charge >= 0.3 is 0 Å². The maximum atomic E-state index is 6.02. The van der Waals surface area contributed by atoms with Crippen molar-refractivity contribution >= 4 is 46.3 Å². The van der Waals surface area contributed by atoms with E-state index in [1.807, 2.05) is 12.1 Å². The van der Waals surface area contributed by atoms with Crippen LogP contribution in [0.15, 0.2) is 48.7 Å². The van der Waals surface area contributed by atoms with Gasteiger partial charge in [0, 0.05) is 15.7 Å². The van der Waals surface area contributed by atoms with Crippen molar-refractivity contribution in [3.05, 3.63) is 58.7 Å². The van der Waals surface area contributed by atoms with Gasteiger partial charge in [-0.2, -0.15) is 10.1 Å². The Morgan fingerprint density at radius 2 is 1.83 bits per heavy atom. The highest BCUT2D eigenvalue weighted by atomic mass is 35.5. The molecule has 0 unspecified atom stereocenters. The predicted octanol–water partition coefficient (Wildman–Crippen LogP) is 4.67. The van der Waals surface area contributed by atoms with Crippen LogP contribution < -0.4 is 15.4 Å². The van der Waals surface area contributed by atoms with Crippen molar-refractivity contribution in [2.45, 2.75) is 0 Å². The monoisotopic (exact) mass is 361 g/mol. The van der Waals surface area contributed by atoms with E-state index >= 15 is 0 Å². The molecular weight excluding hydrogens is 349 g/mol. The van der Waals surface area contributed by atoms with Gasteiger partial charge in [0.15, 0.2) is 5.82 Å². The molecule has 3 rings (SSSR count). The number of ether oxygens (including phenoxy) is 1. The van der Waals surface area contributed by atoms with Gasteiger partial charge in [-0.3, -0.25) is 0 Å². The van der Waals surface area contributed by atoms with Crippen LogP contribution in [0.4, 0.5) is 23.1 Å². The minimum absolute atomic E-state index is 0.308. The molecule has 0 amide bonds. The summed E-state index contributed by atoms with van der Waals surface area (Å²) >= 11 is 12.0. The topological polar surface area (TPSA) is 72.0 Å². The van der Waals surface area contributed by atoms with Crippen LogP contribution in [0.25, 0.3) is 0 Å². The van der Waals surface area contributed by atoms with E-state index in [4.69, 9.17) is 27.9 Å². The lowest BCUT2D eigenvalue weighted by Gasteiger charge is -2.11. The van der Waals surface area contributed by atoms with Crippen molar-refractivity contribution in [1.29, 1.82) is 0 Å². The van der Waals surface area contributed by atoms with Crippen molar-refractivity contribution in [3.8, 4) is 5.75 Å². The number of nitrogens with zero attached hydrogens (tertiary/aromatic N) is 3. The SMILES string of the molecule is COc1ccc(Cl)cc1Nc1nncc(Nc2cccc(Cl)c2)n1. The number of anilines is 4. The van der Waals surface area contributed by atoms with Gasteiger partial charge in [0.1, 0.15) is 5.75 Å². The van der Waals surface area contributed by atoms with Gasteiger partial charge in [0.2, 0.25) is 5.95 Å². The van der Waals surface area contributed by atoms with E-state index in [1.54, 1.807) is 37.4 Å². The number of benzene rings is 2. The van der Waals surface area contributed by atoms with Crippen molar-refractivity contribution in [1.82, 2.24) is 15.2 Å². The molecule has 24 heavy (non-hydrogen) atoms. The Labute approximate surface area is 148 Å². The van der Waals surface area contributed by atoms with Gasteiger partial charge in [-0.15, -0.1) is 5.10 Å². The molecule has 1 heterocycles. The summed E-state index contributed by atoms with van der Waals surface area (Å²) in [6.45, 7) is 0. The van der Waals surface area contributed by atoms with Crippen LogP contribution in [0.2, 0.25) is 10.0 Å². The molecule has 1 aromatic heterocycles. The third-order valence-electron chi connectivity index (χ3n) is 3.06. The zero-order valence-electron chi connectivity index (χ0n) is 12.6. The van der Waals surface area contributed by atoms with Gasteiger partial charge in [-0.25, -0.2) is 0 Å². The standard InChI is InChI=1S/C16H13Cl2N5O/c1-24-14-6-5-11(18)8-13(14)21-16-22-15(9-19-23-16)20-12-4-2-3-10(17)7-12/h2-9H,1H3,(H2,20,21,22,23). The largest absolute Gasteiger partial charge is 0.495 e. The lowest BCUT2D eigenvalue weighted by Crippen LogP contribution is -2.03. The van der Waals surface area contributed by atoms with Crippen LogP contribution in [-0.4, -0.2) is 22.3 Å². The summed E-state index contributed by atoms with van der Waals surface area (Å²) in [7, 11) is 1.57. The molecule has 122 valence electrons. The number of methoxy groups -OCH3 is 1. The first-order valence-corrected chi connectivity index (χ1v) is 7.72. The lowest BCUT2D eigenvalue weighted by molar-refractivity contribution is 0.417. The number of aromatic nitrogens is 3. The third-order valence-corrected chi connectivity index (χ3v) is 3.53. The Morgan fingerprint density at radius 1 is 1.00 bits per heavy atom.